The number of ether oxygens (including phenoxy) is 2. The third-order valence-electron chi connectivity index (χ3n) is 12.9. The highest BCUT2D eigenvalue weighted by Gasteiger charge is 2.64. The van der Waals surface area contributed by atoms with Gasteiger partial charge in [0, 0.05) is 19.5 Å². The molecule has 2 N–H and O–H groups in total. The molecule has 6 heteroatoms. The molecule has 5 aliphatic rings. The molecule has 39 heavy (non-hydrogen) atoms. The maximum atomic E-state index is 12.4. The van der Waals surface area contributed by atoms with E-state index in [-0.39, 0.29) is 29.0 Å². The van der Waals surface area contributed by atoms with Crippen molar-refractivity contribution in [2.24, 2.45) is 52.3 Å². The summed E-state index contributed by atoms with van der Waals surface area (Å²) in [7, 11) is 0. The Bertz CT molecular complexity index is 831. The van der Waals surface area contributed by atoms with Gasteiger partial charge in [-0.25, -0.2) is 0 Å². The van der Waals surface area contributed by atoms with E-state index in [1.807, 2.05) is 0 Å². The minimum Gasteiger partial charge on any atom is -0.466 e. The van der Waals surface area contributed by atoms with Crippen molar-refractivity contribution in [1.82, 2.24) is 4.90 Å². The smallest absolute Gasteiger partial charge is 0.305 e. The molecule has 1 heterocycles. The molecular weight excluding hydrogens is 490 g/mol. The summed E-state index contributed by atoms with van der Waals surface area (Å²) in [6.45, 7) is 14.7. The van der Waals surface area contributed by atoms with Crippen LogP contribution in [0.2, 0.25) is 0 Å². The van der Waals surface area contributed by atoms with E-state index in [0.29, 0.717) is 54.5 Å². The number of fused-ring (bicyclic) bond motifs is 5. The third-order valence-corrected chi connectivity index (χ3v) is 12.9. The molecular formula is C33H57NO5. The van der Waals surface area contributed by atoms with Gasteiger partial charge >= 0.3 is 5.97 Å². The third kappa shape index (κ3) is 5.70. The molecule has 0 amide bonds. The highest BCUT2D eigenvalue weighted by molar-refractivity contribution is 5.69. The van der Waals surface area contributed by atoms with Gasteiger partial charge in [0.1, 0.15) is 0 Å². The first kappa shape index (κ1) is 29.8. The van der Waals surface area contributed by atoms with Gasteiger partial charge in [-0.15, -0.1) is 0 Å². The Labute approximate surface area is 237 Å². The number of carbonyl (C=O) groups excluding carboxylic acids is 1. The van der Waals surface area contributed by atoms with Crippen LogP contribution in [0.5, 0.6) is 0 Å². The van der Waals surface area contributed by atoms with Crippen molar-refractivity contribution in [2.75, 3.05) is 39.5 Å². The van der Waals surface area contributed by atoms with Crippen LogP contribution in [-0.4, -0.2) is 72.7 Å². The number of morpholine rings is 1. The molecule has 0 unspecified atom stereocenters. The summed E-state index contributed by atoms with van der Waals surface area (Å²) in [5.41, 5.74) is 0.518. The number of carbonyl (C=O) groups is 1. The average molecular weight is 548 g/mol. The number of nitrogens with zero attached hydrogens (tertiary/aromatic N) is 1. The minimum atomic E-state index is -0.236. The molecule has 224 valence electrons. The van der Waals surface area contributed by atoms with Crippen LogP contribution in [-0.2, 0) is 14.3 Å². The van der Waals surface area contributed by atoms with Gasteiger partial charge in [-0.1, -0.05) is 34.1 Å². The molecule has 4 aliphatic carbocycles. The molecule has 5 fully saturated rings. The molecule has 0 spiro atoms. The molecule has 0 aromatic carbocycles. The molecule has 1 aliphatic heterocycles. The first-order valence-electron chi connectivity index (χ1n) is 16.5. The monoisotopic (exact) mass is 547 g/mol. The van der Waals surface area contributed by atoms with Gasteiger partial charge in [-0.3, -0.25) is 9.69 Å². The fourth-order valence-corrected chi connectivity index (χ4v) is 10.8. The highest BCUT2D eigenvalue weighted by Crippen LogP contribution is 2.69. The predicted octanol–water partition coefficient (Wildman–Crippen LogP) is 5.29. The topological polar surface area (TPSA) is 79.2 Å². The lowest BCUT2D eigenvalue weighted by atomic mass is 9.41. The van der Waals surface area contributed by atoms with Crippen LogP contribution in [0.1, 0.15) is 98.3 Å². The fourth-order valence-electron chi connectivity index (χ4n) is 10.8. The molecule has 1 saturated heterocycles. The number of hydrogen-bond acceptors (Lipinski definition) is 6. The van der Waals surface area contributed by atoms with E-state index < -0.39 is 0 Å². The maximum Gasteiger partial charge on any atom is 0.305 e. The first-order valence-corrected chi connectivity index (χ1v) is 16.5. The number of rotatable bonds is 9. The second-order valence-corrected chi connectivity index (χ2v) is 14.7. The molecule has 0 aromatic rings. The largest absolute Gasteiger partial charge is 0.466 e. The molecule has 11 atom stereocenters. The Morgan fingerprint density at radius 1 is 1.03 bits per heavy atom. The van der Waals surface area contributed by atoms with Gasteiger partial charge in [-0.2, -0.15) is 0 Å². The summed E-state index contributed by atoms with van der Waals surface area (Å²) >= 11 is 0. The van der Waals surface area contributed by atoms with Crippen LogP contribution in [0, 0.1) is 52.3 Å². The Hall–Kier alpha value is -0.690. The second-order valence-electron chi connectivity index (χ2n) is 14.7. The maximum absolute atomic E-state index is 12.4. The number of esters is 1. The lowest BCUT2D eigenvalue weighted by molar-refractivity contribution is -0.203. The van der Waals surface area contributed by atoms with Gasteiger partial charge < -0.3 is 19.7 Å². The zero-order chi connectivity index (χ0) is 27.8. The highest BCUT2D eigenvalue weighted by atomic mass is 16.5. The summed E-state index contributed by atoms with van der Waals surface area (Å²) in [6, 6.07) is 0. The first-order chi connectivity index (χ1) is 18.7. The van der Waals surface area contributed by atoms with E-state index in [2.05, 4.69) is 32.6 Å². The number of hydrogen-bond donors (Lipinski definition) is 2. The lowest BCUT2D eigenvalue weighted by Crippen LogP contribution is -2.62. The van der Waals surface area contributed by atoms with Crippen molar-refractivity contribution in [3.8, 4) is 0 Å². The van der Waals surface area contributed by atoms with E-state index in [4.69, 9.17) is 9.47 Å². The summed E-state index contributed by atoms with van der Waals surface area (Å²) in [4.78, 5) is 14.8. The van der Waals surface area contributed by atoms with Crippen molar-refractivity contribution in [3.63, 3.8) is 0 Å². The molecule has 6 nitrogen and oxygen atoms in total. The van der Waals surface area contributed by atoms with Gasteiger partial charge in [0.15, 0.2) is 0 Å². The zero-order valence-electron chi connectivity index (χ0n) is 25.3. The van der Waals surface area contributed by atoms with Crippen molar-refractivity contribution < 1.29 is 24.5 Å². The van der Waals surface area contributed by atoms with Crippen LogP contribution in [0.15, 0.2) is 0 Å². The quantitative estimate of drug-likeness (QED) is 0.382. The van der Waals surface area contributed by atoms with Crippen molar-refractivity contribution in [1.29, 1.82) is 0 Å². The van der Waals surface area contributed by atoms with Crippen LogP contribution < -0.4 is 0 Å². The van der Waals surface area contributed by atoms with Crippen molar-refractivity contribution in [3.05, 3.63) is 0 Å². The zero-order valence-corrected chi connectivity index (χ0v) is 25.3. The predicted molar refractivity (Wildman–Crippen MR) is 153 cm³/mol. The Balaban J connectivity index is 1.16. The Morgan fingerprint density at radius 3 is 2.49 bits per heavy atom. The summed E-state index contributed by atoms with van der Waals surface area (Å²) in [5.74, 6) is 3.43. The van der Waals surface area contributed by atoms with Crippen molar-refractivity contribution in [2.45, 2.75) is 111 Å². The molecule has 4 saturated carbocycles. The number of aliphatic hydroxyl groups excluding tert-OH is 2. The van der Waals surface area contributed by atoms with E-state index in [1.54, 1.807) is 0 Å². The second kappa shape index (κ2) is 12.3. The van der Waals surface area contributed by atoms with E-state index in [1.165, 1.54) is 25.7 Å². The van der Waals surface area contributed by atoms with Crippen LogP contribution in [0.3, 0.4) is 0 Å². The molecule has 0 aromatic heterocycles. The van der Waals surface area contributed by atoms with E-state index in [9.17, 15) is 15.0 Å². The summed E-state index contributed by atoms with van der Waals surface area (Å²) in [6.07, 6.45) is 10.7. The van der Waals surface area contributed by atoms with Gasteiger partial charge in [0.05, 0.1) is 32.0 Å². The van der Waals surface area contributed by atoms with Gasteiger partial charge in [0.25, 0.3) is 0 Å². The van der Waals surface area contributed by atoms with Gasteiger partial charge in [0.2, 0.25) is 0 Å². The normalized spacial score (nSPS) is 45.2. The van der Waals surface area contributed by atoms with Gasteiger partial charge in [-0.05, 0) is 117 Å². The minimum absolute atomic E-state index is 0.0530. The van der Waals surface area contributed by atoms with Crippen LogP contribution in [0.25, 0.3) is 0 Å². The van der Waals surface area contributed by atoms with Crippen LogP contribution >= 0.6 is 0 Å². The molecule has 0 radical (unpaired) electrons. The lowest BCUT2D eigenvalue weighted by Gasteiger charge is -2.64. The summed E-state index contributed by atoms with van der Waals surface area (Å²) in [5, 5.41) is 22.4. The summed E-state index contributed by atoms with van der Waals surface area (Å²) < 4.78 is 11.1. The standard InChI is InChI=1S/C33H57NO5/c1-5-24-28-21-23(35)10-13-33(28,4)27-11-14-32(3)25(8-9-26(32)30(27)31(24)37)22(2)12-18-39-29(36)7-6-15-34-16-19-38-20-17-34/h22-28,30-31,35,37H,5-21H2,1-4H3/t22-,23-,24-,25-,26+,27+,28+,30+,31-,32-,33-/m1/s1. The molecule has 5 rings (SSSR count). The fraction of sp³-hybridized carbons (Fsp3) is 0.970. The van der Waals surface area contributed by atoms with E-state index in [0.717, 1.165) is 71.4 Å². The van der Waals surface area contributed by atoms with Crippen molar-refractivity contribution >= 4 is 5.97 Å². The van der Waals surface area contributed by atoms with E-state index >= 15 is 0 Å². The Kier molecular flexibility index (Phi) is 9.37. The Morgan fingerprint density at radius 2 is 1.74 bits per heavy atom. The SMILES string of the molecule is CC[C@H]1[C@@H](O)[C@@H]2[C@H](CC[C@]3(C)[C@@H]([C@H](C)CCOC(=O)CCCN4CCOCC4)CC[C@@H]23)[C@@]2(C)CC[C@@H](O)C[C@@H]12. The average Bonchev–Trinajstić information content (AvgIpc) is 3.27. The van der Waals surface area contributed by atoms with Crippen LogP contribution in [0.4, 0.5) is 0 Å². The number of aliphatic hydroxyl groups is 2. The molecule has 0 bridgehead atoms.